The molecule has 2 amide bonds. The molecular formula is C32H34Cl2IN3O3. The zero-order valence-electron chi connectivity index (χ0n) is 23.1. The van der Waals surface area contributed by atoms with Crippen LogP contribution in [0.4, 0.5) is 5.69 Å². The Morgan fingerprint density at radius 1 is 1.07 bits per heavy atom. The van der Waals surface area contributed by atoms with E-state index in [4.69, 9.17) is 27.9 Å². The van der Waals surface area contributed by atoms with E-state index >= 15 is 0 Å². The predicted molar refractivity (Wildman–Crippen MR) is 171 cm³/mol. The number of amides is 2. The lowest BCUT2D eigenvalue weighted by atomic mass is 9.57. The second kappa shape index (κ2) is 11.5. The number of nitrogens with one attached hydrogen (secondary N) is 2. The summed E-state index contributed by atoms with van der Waals surface area (Å²) in [6, 6.07) is 11.5. The van der Waals surface area contributed by atoms with Crippen LogP contribution in [0.15, 0.2) is 59.7 Å². The van der Waals surface area contributed by atoms with Crippen molar-refractivity contribution in [2.45, 2.75) is 63.1 Å². The predicted octanol–water partition coefficient (Wildman–Crippen LogP) is 6.96. The quantitative estimate of drug-likeness (QED) is 0.330. The second-order valence-corrected chi connectivity index (χ2v) is 14.0. The van der Waals surface area contributed by atoms with Crippen molar-refractivity contribution < 1.29 is 14.3 Å². The highest BCUT2D eigenvalue weighted by atomic mass is 127. The Morgan fingerprint density at radius 3 is 2.59 bits per heavy atom. The van der Waals surface area contributed by atoms with E-state index < -0.39 is 11.5 Å². The van der Waals surface area contributed by atoms with Crippen LogP contribution in [-0.2, 0) is 15.0 Å². The fourth-order valence-corrected chi connectivity index (χ4v) is 8.12. The Kier molecular flexibility index (Phi) is 8.17. The maximum absolute atomic E-state index is 14.4. The smallest absolute Gasteiger partial charge is 0.237 e. The lowest BCUT2D eigenvalue weighted by Gasteiger charge is -2.49. The molecule has 9 heteroatoms. The molecule has 2 aromatic carbocycles. The zero-order valence-corrected chi connectivity index (χ0v) is 26.8. The number of carbonyl (C=O) groups excluding carboxylic acids is 2. The van der Waals surface area contributed by atoms with E-state index in [1.807, 2.05) is 36.4 Å². The van der Waals surface area contributed by atoms with Crippen LogP contribution in [0.5, 0.6) is 5.75 Å². The first-order valence-electron chi connectivity index (χ1n) is 14.3. The zero-order chi connectivity index (χ0) is 28.9. The van der Waals surface area contributed by atoms with Crippen molar-refractivity contribution in [3.8, 4) is 5.75 Å². The Hall–Kier alpha value is -2.07. The standard InChI is InChI=1S/C32H34Cl2IN3O3/c1-18(2)38-12-10-23(11-13-38)41-28-9-7-22(35)16-24(28)30-32(25-8-6-21(34)15-27(25)36-31(32)40)26(17-29(39)37-30)19-4-3-5-20(33)14-19/h3-9,15-16,18-19,23,26,30H,10-14,17H2,1-2H3,(H,36,40)(H,37,39)/t19-,26?,30-,32+/m1/s1. The van der Waals surface area contributed by atoms with Crippen LogP contribution in [0.25, 0.3) is 0 Å². The van der Waals surface area contributed by atoms with Crippen LogP contribution in [0.3, 0.4) is 0 Å². The molecule has 1 spiro atoms. The van der Waals surface area contributed by atoms with Crippen molar-refractivity contribution in [1.29, 1.82) is 0 Å². The molecule has 41 heavy (non-hydrogen) atoms. The molecule has 4 aliphatic rings. The highest BCUT2D eigenvalue weighted by Gasteiger charge is 2.62. The lowest BCUT2D eigenvalue weighted by molar-refractivity contribution is -0.135. The van der Waals surface area contributed by atoms with Crippen LogP contribution in [0.1, 0.15) is 56.7 Å². The van der Waals surface area contributed by atoms with Crippen molar-refractivity contribution in [2.75, 3.05) is 18.4 Å². The van der Waals surface area contributed by atoms with Gasteiger partial charge in [-0.15, -0.1) is 0 Å². The average Bonchev–Trinajstić information content (AvgIpc) is 3.22. The molecule has 2 saturated heterocycles. The molecule has 2 N–H and O–H groups in total. The van der Waals surface area contributed by atoms with Gasteiger partial charge in [0.2, 0.25) is 11.8 Å². The summed E-state index contributed by atoms with van der Waals surface area (Å²) in [5, 5.41) is 7.66. The van der Waals surface area contributed by atoms with Crippen molar-refractivity contribution in [1.82, 2.24) is 10.2 Å². The van der Waals surface area contributed by atoms with E-state index in [1.54, 1.807) is 6.07 Å². The number of rotatable bonds is 5. The van der Waals surface area contributed by atoms with Gasteiger partial charge in [0.25, 0.3) is 0 Å². The van der Waals surface area contributed by atoms with Gasteiger partial charge in [-0.25, -0.2) is 0 Å². The monoisotopic (exact) mass is 705 g/mol. The minimum atomic E-state index is -1.08. The number of piperidine rings is 2. The minimum absolute atomic E-state index is 0.0589. The number of ether oxygens (including phenoxy) is 1. The molecule has 3 heterocycles. The van der Waals surface area contributed by atoms with Gasteiger partial charge in [-0.2, -0.15) is 0 Å². The molecule has 6 nitrogen and oxygen atoms in total. The minimum Gasteiger partial charge on any atom is -0.490 e. The van der Waals surface area contributed by atoms with Gasteiger partial charge < -0.3 is 20.3 Å². The summed E-state index contributed by atoms with van der Waals surface area (Å²) in [5.41, 5.74) is 1.27. The molecule has 4 atom stereocenters. The van der Waals surface area contributed by atoms with Crippen molar-refractivity contribution >= 4 is 63.3 Å². The first-order valence-corrected chi connectivity index (χ1v) is 16.1. The third kappa shape index (κ3) is 5.32. The summed E-state index contributed by atoms with van der Waals surface area (Å²) >= 11 is 15.2. The Bertz CT molecular complexity index is 1440. The van der Waals surface area contributed by atoms with E-state index in [0.29, 0.717) is 28.9 Å². The summed E-state index contributed by atoms with van der Waals surface area (Å²) in [6.07, 6.45) is 8.59. The highest BCUT2D eigenvalue weighted by Crippen LogP contribution is 2.58. The molecule has 2 fully saturated rings. The Labute approximate surface area is 265 Å². The largest absolute Gasteiger partial charge is 0.490 e. The first-order chi connectivity index (χ1) is 19.7. The number of hydrogen-bond acceptors (Lipinski definition) is 4. The molecule has 2 aromatic rings. The van der Waals surface area contributed by atoms with Crippen LogP contribution >= 0.6 is 45.8 Å². The Morgan fingerprint density at radius 2 is 1.85 bits per heavy atom. The van der Waals surface area contributed by atoms with Gasteiger partial charge in [-0.1, -0.05) is 41.4 Å². The van der Waals surface area contributed by atoms with Gasteiger partial charge in [-0.3, -0.25) is 9.59 Å². The summed E-state index contributed by atoms with van der Waals surface area (Å²) in [7, 11) is 0. The number of benzene rings is 2. The molecule has 3 aliphatic heterocycles. The van der Waals surface area contributed by atoms with Crippen LogP contribution < -0.4 is 15.4 Å². The third-order valence-electron chi connectivity index (χ3n) is 9.17. The lowest BCUT2D eigenvalue weighted by Crippen LogP contribution is -2.59. The third-order valence-corrected chi connectivity index (χ3v) is 10.4. The number of carbonyl (C=O) groups is 2. The summed E-state index contributed by atoms with van der Waals surface area (Å²) in [6.45, 7) is 6.41. The van der Waals surface area contributed by atoms with E-state index in [2.05, 4.69) is 64.1 Å². The summed E-state index contributed by atoms with van der Waals surface area (Å²) < 4.78 is 7.73. The topological polar surface area (TPSA) is 70.7 Å². The molecule has 1 unspecified atom stereocenters. The molecular weight excluding hydrogens is 672 g/mol. The van der Waals surface area contributed by atoms with Gasteiger partial charge in [0, 0.05) is 50.4 Å². The van der Waals surface area contributed by atoms with E-state index in [1.165, 1.54) is 0 Å². The summed E-state index contributed by atoms with van der Waals surface area (Å²) in [4.78, 5) is 30.4. The number of fused-ring (bicyclic) bond motifs is 2. The normalized spacial score (nSPS) is 28.4. The molecule has 0 aromatic heterocycles. The van der Waals surface area contributed by atoms with Gasteiger partial charge in [0.15, 0.2) is 0 Å². The fraction of sp³-hybridized carbons (Fsp3) is 0.438. The highest BCUT2D eigenvalue weighted by molar-refractivity contribution is 14.1. The number of likely N-dealkylation sites (tertiary alicyclic amines) is 1. The average molecular weight is 706 g/mol. The van der Waals surface area contributed by atoms with E-state index in [-0.39, 0.29) is 36.2 Å². The van der Waals surface area contributed by atoms with Crippen molar-refractivity contribution in [3.05, 3.63) is 79.4 Å². The maximum atomic E-state index is 14.4. The van der Waals surface area contributed by atoms with Gasteiger partial charge in [0.05, 0.1) is 6.04 Å². The molecule has 0 radical (unpaired) electrons. The van der Waals surface area contributed by atoms with Crippen LogP contribution in [0, 0.1) is 15.4 Å². The van der Waals surface area contributed by atoms with Crippen molar-refractivity contribution in [3.63, 3.8) is 0 Å². The molecule has 216 valence electrons. The van der Waals surface area contributed by atoms with E-state index in [0.717, 1.165) is 45.7 Å². The summed E-state index contributed by atoms with van der Waals surface area (Å²) in [5.74, 6) is 0.0586. The maximum Gasteiger partial charge on any atom is 0.237 e. The van der Waals surface area contributed by atoms with Crippen LogP contribution in [-0.4, -0.2) is 41.9 Å². The first kappa shape index (κ1) is 29.0. The number of allylic oxidation sites excluding steroid dienone is 4. The Balaban J connectivity index is 1.47. The fourth-order valence-electron chi connectivity index (χ4n) is 7.19. The van der Waals surface area contributed by atoms with Gasteiger partial charge >= 0.3 is 0 Å². The molecule has 1 aliphatic carbocycles. The van der Waals surface area contributed by atoms with Gasteiger partial charge in [-0.05, 0) is 110 Å². The van der Waals surface area contributed by atoms with E-state index in [9.17, 15) is 9.59 Å². The SMILES string of the molecule is CC(C)N1CCC(Oc2ccc(I)cc2[C@H]2NC(=O)CC([C@@H]3C=CC=C(Cl)C3)[C@]23C(=O)Nc2cc(Cl)ccc23)CC1. The number of halogens is 3. The molecule has 0 bridgehead atoms. The molecule has 0 saturated carbocycles. The van der Waals surface area contributed by atoms with Gasteiger partial charge in [0.1, 0.15) is 17.3 Å². The number of nitrogens with zero attached hydrogens (tertiary/aromatic N) is 1. The molecule has 6 rings (SSSR count). The van der Waals surface area contributed by atoms with Crippen molar-refractivity contribution in [2.24, 2.45) is 11.8 Å². The second-order valence-electron chi connectivity index (χ2n) is 11.8. The van der Waals surface area contributed by atoms with Crippen LogP contribution in [0.2, 0.25) is 5.02 Å². The number of anilines is 1. The number of hydrogen-bond donors (Lipinski definition) is 2.